The van der Waals surface area contributed by atoms with Gasteiger partial charge in [-0.2, -0.15) is 0 Å². The second-order valence-electron chi connectivity index (χ2n) is 5.97. The smallest absolute Gasteiger partial charge is 0.0788 e. The Morgan fingerprint density at radius 1 is 0.808 bits per heavy atom. The van der Waals surface area contributed by atoms with Crippen molar-refractivity contribution in [3.05, 3.63) is 108 Å². The van der Waals surface area contributed by atoms with Crippen molar-refractivity contribution in [3.8, 4) is 23.0 Å². The summed E-state index contributed by atoms with van der Waals surface area (Å²) in [7, 11) is 1.66. The van der Waals surface area contributed by atoms with E-state index >= 15 is 0 Å². The lowest BCUT2D eigenvalue weighted by atomic mass is 9.99. The van der Waals surface area contributed by atoms with E-state index in [0.29, 0.717) is 0 Å². The van der Waals surface area contributed by atoms with E-state index in [-0.39, 0.29) is 0 Å². The van der Waals surface area contributed by atoms with E-state index in [1.807, 2.05) is 18.2 Å². The molecule has 3 aromatic rings. The number of ether oxygens (including phenoxy) is 1. The van der Waals surface area contributed by atoms with Crippen LogP contribution in [0.15, 0.2) is 91.2 Å². The third-order valence-corrected chi connectivity index (χ3v) is 4.20. The second kappa shape index (κ2) is 9.30. The number of allylic oxidation sites excluding steroid dienone is 1. The molecule has 128 valence electrons. The van der Waals surface area contributed by atoms with E-state index in [1.165, 1.54) is 22.3 Å². The summed E-state index contributed by atoms with van der Waals surface area (Å²) in [6.07, 6.45) is 5.34. The third-order valence-electron chi connectivity index (χ3n) is 4.20. The van der Waals surface area contributed by atoms with Gasteiger partial charge < -0.3 is 4.74 Å². The average Bonchev–Trinajstić information content (AvgIpc) is 2.70. The van der Waals surface area contributed by atoms with Crippen molar-refractivity contribution in [3.63, 3.8) is 0 Å². The second-order valence-corrected chi connectivity index (χ2v) is 5.97. The zero-order valence-electron chi connectivity index (χ0n) is 15.0. The standard InChI is InChI=1S/C25H22O/c1-26-20-10-18-22-12-6-5-11-21(22)16-9-17-24-15-7-8-19-25(24)23-13-3-2-4-14-23/h2-8,10-15,19-20H,16,18H2,1H3. The maximum Gasteiger partial charge on any atom is 0.0788 e. The first-order chi connectivity index (χ1) is 12.9. The van der Waals surface area contributed by atoms with Crippen LogP contribution < -0.4 is 0 Å². The number of methoxy groups -OCH3 is 1. The Bertz CT molecular complexity index is 927. The fraction of sp³-hybridized carbons (Fsp3) is 0.120. The monoisotopic (exact) mass is 338 g/mol. The minimum absolute atomic E-state index is 0.736. The molecule has 1 heteroatoms. The van der Waals surface area contributed by atoms with Gasteiger partial charge in [-0.05, 0) is 40.8 Å². The highest BCUT2D eigenvalue weighted by Crippen LogP contribution is 2.22. The van der Waals surface area contributed by atoms with Gasteiger partial charge in [0.25, 0.3) is 0 Å². The Labute approximate surface area is 156 Å². The van der Waals surface area contributed by atoms with Crippen LogP contribution >= 0.6 is 0 Å². The van der Waals surface area contributed by atoms with Crippen LogP contribution in [0.25, 0.3) is 11.1 Å². The molecular weight excluding hydrogens is 316 g/mol. The first-order valence-corrected chi connectivity index (χ1v) is 8.76. The maximum atomic E-state index is 4.99. The Balaban J connectivity index is 1.81. The third kappa shape index (κ3) is 4.65. The molecule has 1 nitrogen and oxygen atoms in total. The van der Waals surface area contributed by atoms with E-state index in [9.17, 15) is 0 Å². The van der Waals surface area contributed by atoms with Crippen molar-refractivity contribution in [1.82, 2.24) is 0 Å². The van der Waals surface area contributed by atoms with Crippen LogP contribution in [0, 0.1) is 11.8 Å². The summed E-state index contributed by atoms with van der Waals surface area (Å²) in [4.78, 5) is 0. The molecule has 0 N–H and O–H groups in total. The van der Waals surface area contributed by atoms with Gasteiger partial charge in [0, 0.05) is 12.0 Å². The van der Waals surface area contributed by atoms with Crippen molar-refractivity contribution in [2.45, 2.75) is 12.8 Å². The van der Waals surface area contributed by atoms with E-state index < -0.39 is 0 Å². The molecule has 3 aromatic carbocycles. The Morgan fingerprint density at radius 2 is 1.50 bits per heavy atom. The highest BCUT2D eigenvalue weighted by atomic mass is 16.5. The van der Waals surface area contributed by atoms with Crippen LogP contribution in [0.2, 0.25) is 0 Å². The van der Waals surface area contributed by atoms with Gasteiger partial charge in [0.2, 0.25) is 0 Å². The SMILES string of the molecule is COC=CCc1ccccc1CC#Cc1ccccc1-c1ccccc1. The molecule has 0 heterocycles. The molecule has 0 spiro atoms. The maximum absolute atomic E-state index is 4.99. The van der Waals surface area contributed by atoms with Gasteiger partial charge in [0.05, 0.1) is 13.4 Å². The van der Waals surface area contributed by atoms with Crippen molar-refractivity contribution in [2.24, 2.45) is 0 Å². The number of hydrogen-bond acceptors (Lipinski definition) is 1. The van der Waals surface area contributed by atoms with E-state index in [4.69, 9.17) is 4.74 Å². The summed E-state index contributed by atoms with van der Waals surface area (Å²) >= 11 is 0. The molecule has 0 aromatic heterocycles. The zero-order chi connectivity index (χ0) is 18.0. The molecule has 0 bridgehead atoms. The molecule has 0 saturated carbocycles. The van der Waals surface area contributed by atoms with Crippen LogP contribution in [0.1, 0.15) is 16.7 Å². The molecule has 0 amide bonds. The molecule has 0 aliphatic rings. The lowest BCUT2D eigenvalue weighted by molar-refractivity contribution is 0.337. The van der Waals surface area contributed by atoms with Gasteiger partial charge in [-0.15, -0.1) is 0 Å². The molecule has 0 saturated heterocycles. The number of rotatable bonds is 5. The highest BCUT2D eigenvalue weighted by molar-refractivity contribution is 5.71. The molecule has 26 heavy (non-hydrogen) atoms. The quantitative estimate of drug-likeness (QED) is 0.431. The van der Waals surface area contributed by atoms with Crippen molar-refractivity contribution in [2.75, 3.05) is 7.11 Å². The van der Waals surface area contributed by atoms with E-state index in [1.54, 1.807) is 13.4 Å². The summed E-state index contributed by atoms with van der Waals surface area (Å²) in [5.41, 5.74) is 5.99. The Kier molecular flexibility index (Phi) is 6.29. The average molecular weight is 338 g/mol. The van der Waals surface area contributed by atoms with Gasteiger partial charge in [-0.1, -0.05) is 84.6 Å². The van der Waals surface area contributed by atoms with Gasteiger partial charge in [-0.3, -0.25) is 0 Å². The summed E-state index contributed by atoms with van der Waals surface area (Å²) in [6.45, 7) is 0. The van der Waals surface area contributed by atoms with E-state index in [2.05, 4.69) is 78.6 Å². The first-order valence-electron chi connectivity index (χ1n) is 8.76. The van der Waals surface area contributed by atoms with Crippen LogP contribution in [-0.2, 0) is 17.6 Å². The van der Waals surface area contributed by atoms with Crippen LogP contribution in [0.4, 0.5) is 0 Å². The van der Waals surface area contributed by atoms with Gasteiger partial charge in [0.1, 0.15) is 0 Å². The predicted molar refractivity (Wildman–Crippen MR) is 109 cm³/mol. The normalized spacial score (nSPS) is 10.3. The fourth-order valence-electron chi connectivity index (χ4n) is 2.90. The fourth-order valence-corrected chi connectivity index (χ4v) is 2.90. The van der Waals surface area contributed by atoms with Crippen LogP contribution in [0.5, 0.6) is 0 Å². The minimum Gasteiger partial charge on any atom is -0.505 e. The molecular formula is C25H22O. The summed E-state index contributed by atoms with van der Waals surface area (Å²) in [5.74, 6) is 6.72. The largest absolute Gasteiger partial charge is 0.505 e. The molecule has 0 atom stereocenters. The zero-order valence-corrected chi connectivity index (χ0v) is 15.0. The minimum atomic E-state index is 0.736. The molecule has 0 fully saturated rings. The summed E-state index contributed by atoms with van der Waals surface area (Å²) < 4.78 is 4.99. The van der Waals surface area contributed by atoms with Crippen LogP contribution in [0.3, 0.4) is 0 Å². The Hall–Kier alpha value is -3.24. The number of benzene rings is 3. The van der Waals surface area contributed by atoms with Crippen LogP contribution in [-0.4, -0.2) is 7.11 Å². The topological polar surface area (TPSA) is 9.23 Å². The highest BCUT2D eigenvalue weighted by Gasteiger charge is 2.02. The van der Waals surface area contributed by atoms with Crippen molar-refractivity contribution in [1.29, 1.82) is 0 Å². The predicted octanol–water partition coefficient (Wildman–Crippen LogP) is 5.65. The molecule has 0 radical (unpaired) electrons. The summed E-state index contributed by atoms with van der Waals surface area (Å²) in [5, 5.41) is 0. The van der Waals surface area contributed by atoms with Gasteiger partial charge in [0.15, 0.2) is 0 Å². The lowest BCUT2D eigenvalue weighted by Crippen LogP contribution is -1.92. The Morgan fingerprint density at radius 3 is 2.31 bits per heavy atom. The summed E-state index contributed by atoms with van der Waals surface area (Å²) in [6, 6.07) is 27.1. The van der Waals surface area contributed by atoms with Crippen molar-refractivity contribution >= 4 is 0 Å². The molecule has 0 unspecified atom stereocenters. The lowest BCUT2D eigenvalue weighted by Gasteiger charge is -2.05. The first kappa shape index (κ1) is 17.6. The van der Waals surface area contributed by atoms with Gasteiger partial charge in [-0.25, -0.2) is 0 Å². The van der Waals surface area contributed by atoms with E-state index in [0.717, 1.165) is 18.4 Å². The molecule has 0 aliphatic carbocycles. The number of hydrogen-bond donors (Lipinski definition) is 0. The molecule has 3 rings (SSSR count). The van der Waals surface area contributed by atoms with Gasteiger partial charge >= 0.3 is 0 Å². The molecule has 0 aliphatic heterocycles. The van der Waals surface area contributed by atoms with Crippen molar-refractivity contribution < 1.29 is 4.74 Å².